The zero-order valence-corrected chi connectivity index (χ0v) is 14.5. The van der Waals surface area contributed by atoms with Crippen molar-refractivity contribution in [2.24, 2.45) is 0 Å². The number of amides is 2. The molecule has 0 fully saturated rings. The van der Waals surface area contributed by atoms with Crippen LogP contribution in [0.4, 0.5) is 11.4 Å². The smallest absolute Gasteiger partial charge is 0.288 e. The van der Waals surface area contributed by atoms with Gasteiger partial charge in [-0.15, -0.1) is 0 Å². The van der Waals surface area contributed by atoms with E-state index in [2.05, 4.69) is 10.6 Å². The number of carbonyl (C=O) groups is 2. The Morgan fingerprint density at radius 1 is 1.12 bits per heavy atom. The lowest BCUT2D eigenvalue weighted by Crippen LogP contribution is -2.41. The lowest BCUT2D eigenvalue weighted by Gasteiger charge is -2.14. The first-order chi connectivity index (χ1) is 11.8. The first kappa shape index (κ1) is 18.7. The molecule has 25 heavy (non-hydrogen) atoms. The maximum Gasteiger partial charge on any atom is 0.288 e. The molecule has 2 N–H and O–H groups in total. The minimum absolute atomic E-state index is 0.0299. The van der Waals surface area contributed by atoms with E-state index in [0.717, 1.165) is 6.07 Å². The van der Waals surface area contributed by atoms with E-state index in [4.69, 9.17) is 23.2 Å². The van der Waals surface area contributed by atoms with Crippen molar-refractivity contribution in [1.29, 1.82) is 0 Å². The van der Waals surface area contributed by atoms with Crippen LogP contribution >= 0.6 is 23.2 Å². The predicted octanol–water partition coefficient (Wildman–Crippen LogP) is 3.66. The Hall–Kier alpha value is -2.64. The highest BCUT2D eigenvalue weighted by Gasteiger charge is 2.20. The monoisotopic (exact) mass is 381 g/mol. The molecule has 2 amide bonds. The number of anilines is 1. The van der Waals surface area contributed by atoms with Crippen molar-refractivity contribution in [3.05, 3.63) is 68.2 Å². The molecule has 0 aliphatic rings. The third kappa shape index (κ3) is 4.91. The summed E-state index contributed by atoms with van der Waals surface area (Å²) in [5.41, 5.74) is 0.174. The van der Waals surface area contributed by atoms with Crippen LogP contribution in [0.15, 0.2) is 42.5 Å². The molecule has 0 unspecified atom stereocenters. The molecule has 0 heterocycles. The number of hydrogen-bond acceptors (Lipinski definition) is 4. The van der Waals surface area contributed by atoms with E-state index in [1.54, 1.807) is 24.3 Å². The molecule has 130 valence electrons. The molecule has 0 saturated carbocycles. The van der Waals surface area contributed by atoms with Crippen molar-refractivity contribution in [2.45, 2.75) is 13.0 Å². The van der Waals surface area contributed by atoms with Crippen LogP contribution in [-0.4, -0.2) is 22.8 Å². The number of rotatable bonds is 5. The number of benzene rings is 2. The number of nitro groups is 1. The number of nitro benzene ring substituents is 1. The van der Waals surface area contributed by atoms with Crippen molar-refractivity contribution in [1.82, 2.24) is 5.32 Å². The van der Waals surface area contributed by atoms with Crippen molar-refractivity contribution < 1.29 is 14.5 Å². The standard InChI is InChI=1S/C16H13Cl2N3O4/c1-9(15(22)20-12-5-3-11(17)4-6-12)19-16(23)10-2-7-13(18)14(8-10)21(24)25/h2-9H,1H3,(H,19,23)(H,20,22)/t9-/m0/s1. The number of hydrogen-bond donors (Lipinski definition) is 2. The second-order valence-electron chi connectivity index (χ2n) is 5.11. The van der Waals surface area contributed by atoms with Crippen LogP contribution < -0.4 is 10.6 Å². The van der Waals surface area contributed by atoms with Gasteiger partial charge in [-0.3, -0.25) is 19.7 Å². The zero-order chi connectivity index (χ0) is 18.6. The molecule has 2 aromatic rings. The topological polar surface area (TPSA) is 101 Å². The van der Waals surface area contributed by atoms with Crippen molar-refractivity contribution in [2.75, 3.05) is 5.32 Å². The van der Waals surface area contributed by atoms with Crippen LogP contribution in [0, 0.1) is 10.1 Å². The Morgan fingerprint density at radius 2 is 1.76 bits per heavy atom. The lowest BCUT2D eigenvalue weighted by molar-refractivity contribution is -0.384. The van der Waals surface area contributed by atoms with Gasteiger partial charge in [-0.25, -0.2) is 0 Å². The summed E-state index contributed by atoms with van der Waals surface area (Å²) in [5, 5.41) is 16.4. The lowest BCUT2D eigenvalue weighted by atomic mass is 10.1. The van der Waals surface area contributed by atoms with E-state index in [0.29, 0.717) is 10.7 Å². The average Bonchev–Trinajstić information content (AvgIpc) is 2.56. The van der Waals surface area contributed by atoms with Crippen LogP contribution in [0.1, 0.15) is 17.3 Å². The van der Waals surface area contributed by atoms with Gasteiger partial charge in [-0.1, -0.05) is 23.2 Å². The molecule has 9 heteroatoms. The van der Waals surface area contributed by atoms with E-state index in [1.807, 2.05) is 0 Å². The van der Waals surface area contributed by atoms with E-state index in [1.165, 1.54) is 19.1 Å². The van der Waals surface area contributed by atoms with Gasteiger partial charge in [0, 0.05) is 22.3 Å². The number of carbonyl (C=O) groups excluding carboxylic acids is 2. The summed E-state index contributed by atoms with van der Waals surface area (Å²) >= 11 is 11.5. The normalized spacial score (nSPS) is 11.5. The molecule has 0 radical (unpaired) electrons. The van der Waals surface area contributed by atoms with E-state index in [-0.39, 0.29) is 16.3 Å². The first-order valence-corrected chi connectivity index (χ1v) is 7.84. The number of nitrogens with zero attached hydrogens (tertiary/aromatic N) is 1. The molecular weight excluding hydrogens is 369 g/mol. The van der Waals surface area contributed by atoms with E-state index in [9.17, 15) is 19.7 Å². The minimum Gasteiger partial charge on any atom is -0.341 e. The van der Waals surface area contributed by atoms with Gasteiger partial charge in [0.15, 0.2) is 0 Å². The summed E-state index contributed by atoms with van der Waals surface area (Å²) in [7, 11) is 0. The molecule has 1 atom stereocenters. The van der Waals surface area contributed by atoms with Gasteiger partial charge in [-0.05, 0) is 43.3 Å². The Morgan fingerprint density at radius 3 is 2.36 bits per heavy atom. The van der Waals surface area contributed by atoms with E-state index >= 15 is 0 Å². The fourth-order valence-corrected chi connectivity index (χ4v) is 2.24. The molecule has 7 nitrogen and oxygen atoms in total. The Balaban J connectivity index is 2.04. The second kappa shape index (κ2) is 7.96. The third-order valence-electron chi connectivity index (χ3n) is 3.26. The van der Waals surface area contributed by atoms with Gasteiger partial charge >= 0.3 is 0 Å². The predicted molar refractivity (Wildman–Crippen MR) is 95.1 cm³/mol. The number of nitrogens with one attached hydrogen (secondary N) is 2. The highest BCUT2D eigenvalue weighted by molar-refractivity contribution is 6.32. The minimum atomic E-state index is -0.863. The molecule has 0 aliphatic heterocycles. The highest BCUT2D eigenvalue weighted by atomic mass is 35.5. The maximum atomic E-state index is 12.2. The van der Waals surface area contributed by atoms with Gasteiger partial charge in [0.1, 0.15) is 11.1 Å². The Bertz CT molecular complexity index is 825. The summed E-state index contributed by atoms with van der Waals surface area (Å²) in [6.07, 6.45) is 0. The third-order valence-corrected chi connectivity index (χ3v) is 3.83. The van der Waals surface area contributed by atoms with Gasteiger partial charge in [-0.2, -0.15) is 0 Å². The van der Waals surface area contributed by atoms with Gasteiger partial charge in [0.05, 0.1) is 4.92 Å². The van der Waals surface area contributed by atoms with Crippen molar-refractivity contribution in [3.63, 3.8) is 0 Å². The molecule has 2 aromatic carbocycles. The maximum absolute atomic E-state index is 12.2. The highest BCUT2D eigenvalue weighted by Crippen LogP contribution is 2.25. The summed E-state index contributed by atoms with van der Waals surface area (Å²) in [4.78, 5) is 34.5. The molecule has 0 aliphatic carbocycles. The largest absolute Gasteiger partial charge is 0.341 e. The average molecular weight is 382 g/mol. The SMILES string of the molecule is C[C@H](NC(=O)c1ccc(Cl)c([N+](=O)[O-])c1)C(=O)Nc1ccc(Cl)cc1. The summed E-state index contributed by atoms with van der Waals surface area (Å²) < 4.78 is 0. The quantitative estimate of drug-likeness (QED) is 0.609. The van der Waals surface area contributed by atoms with Crippen LogP contribution in [0.2, 0.25) is 10.0 Å². The van der Waals surface area contributed by atoms with Crippen molar-refractivity contribution in [3.8, 4) is 0 Å². The zero-order valence-electron chi connectivity index (χ0n) is 13.0. The summed E-state index contributed by atoms with van der Waals surface area (Å²) in [6.45, 7) is 1.49. The van der Waals surface area contributed by atoms with Crippen molar-refractivity contribution >= 4 is 46.4 Å². The molecule has 2 rings (SSSR count). The first-order valence-electron chi connectivity index (χ1n) is 7.09. The van der Waals surface area contributed by atoms with Crippen LogP contribution in [0.3, 0.4) is 0 Å². The number of halogens is 2. The molecule has 0 spiro atoms. The Labute approximate surface area is 153 Å². The molecule has 0 aromatic heterocycles. The van der Waals surface area contributed by atoms with Crippen LogP contribution in [0.5, 0.6) is 0 Å². The second-order valence-corrected chi connectivity index (χ2v) is 5.96. The fraction of sp³-hybridized carbons (Fsp3) is 0.125. The van der Waals surface area contributed by atoms with Gasteiger partial charge < -0.3 is 10.6 Å². The van der Waals surface area contributed by atoms with E-state index < -0.39 is 22.8 Å². The summed E-state index contributed by atoms with van der Waals surface area (Å²) in [6, 6.07) is 9.27. The summed E-state index contributed by atoms with van der Waals surface area (Å²) in [5.74, 6) is -1.07. The van der Waals surface area contributed by atoms with Crippen LogP contribution in [0.25, 0.3) is 0 Å². The molecule has 0 bridgehead atoms. The molecule has 0 saturated heterocycles. The fourth-order valence-electron chi connectivity index (χ4n) is 1.92. The van der Waals surface area contributed by atoms with Gasteiger partial charge in [0.2, 0.25) is 5.91 Å². The van der Waals surface area contributed by atoms with Gasteiger partial charge in [0.25, 0.3) is 11.6 Å². The molecular formula is C16H13Cl2N3O4. The van der Waals surface area contributed by atoms with Crippen LogP contribution in [-0.2, 0) is 4.79 Å². The Kier molecular flexibility index (Phi) is 5.95.